The molecule has 1 aliphatic heterocycles. The molecule has 2 heterocycles. The highest BCUT2D eigenvalue weighted by molar-refractivity contribution is 9.10. The largest absolute Gasteiger partial charge is 0.354 e. The molecule has 2 unspecified atom stereocenters. The highest BCUT2D eigenvalue weighted by Gasteiger charge is 2.24. The van der Waals surface area contributed by atoms with Gasteiger partial charge in [0.1, 0.15) is 5.82 Å². The van der Waals surface area contributed by atoms with Crippen LogP contribution in [-0.2, 0) is 0 Å². The van der Waals surface area contributed by atoms with Crippen molar-refractivity contribution in [2.75, 3.05) is 18.0 Å². The number of rotatable bonds is 1. The molecule has 0 aliphatic carbocycles. The van der Waals surface area contributed by atoms with Gasteiger partial charge in [0.25, 0.3) is 0 Å². The van der Waals surface area contributed by atoms with Crippen LogP contribution < -0.4 is 10.6 Å². The number of pyridine rings is 1. The Bertz CT molecular complexity index is 371. The molecule has 1 fully saturated rings. The van der Waals surface area contributed by atoms with Crippen LogP contribution in [0.4, 0.5) is 5.82 Å². The van der Waals surface area contributed by atoms with Crippen molar-refractivity contribution in [2.24, 2.45) is 11.7 Å². The summed E-state index contributed by atoms with van der Waals surface area (Å²) in [6, 6.07) is 2.28. The predicted octanol–water partition coefficient (Wildman–Crippen LogP) is 2.33. The predicted molar refractivity (Wildman–Crippen MR) is 70.6 cm³/mol. The first-order valence-electron chi connectivity index (χ1n) is 5.69. The van der Waals surface area contributed by atoms with E-state index in [0.717, 1.165) is 29.8 Å². The van der Waals surface area contributed by atoms with E-state index in [0.29, 0.717) is 5.92 Å². The normalized spacial score (nSPS) is 25.9. The second kappa shape index (κ2) is 4.72. The summed E-state index contributed by atoms with van der Waals surface area (Å²) in [5.74, 6) is 1.67. The molecule has 0 aromatic carbocycles. The second-order valence-corrected chi connectivity index (χ2v) is 5.56. The van der Waals surface area contributed by atoms with E-state index in [4.69, 9.17) is 5.73 Å². The maximum atomic E-state index is 6.06. The summed E-state index contributed by atoms with van der Waals surface area (Å²) < 4.78 is 1.09. The number of hydrogen-bond donors (Lipinski definition) is 1. The van der Waals surface area contributed by atoms with Crippen LogP contribution in [0.15, 0.2) is 16.7 Å². The van der Waals surface area contributed by atoms with Gasteiger partial charge in [0.05, 0.1) is 4.47 Å². The van der Waals surface area contributed by atoms with Crippen LogP contribution in [0.1, 0.15) is 18.9 Å². The lowest BCUT2D eigenvalue weighted by molar-refractivity contribution is 0.399. The van der Waals surface area contributed by atoms with Gasteiger partial charge in [-0.3, -0.25) is 0 Å². The van der Waals surface area contributed by atoms with E-state index in [2.05, 4.69) is 39.7 Å². The molecule has 88 valence electrons. The van der Waals surface area contributed by atoms with Crippen molar-refractivity contribution in [3.63, 3.8) is 0 Å². The summed E-state index contributed by atoms with van der Waals surface area (Å²) in [7, 11) is 0. The third kappa shape index (κ3) is 2.38. The van der Waals surface area contributed by atoms with Gasteiger partial charge in [-0.2, -0.15) is 0 Å². The Morgan fingerprint density at radius 2 is 2.25 bits per heavy atom. The van der Waals surface area contributed by atoms with Gasteiger partial charge in [-0.25, -0.2) is 4.98 Å². The number of nitrogens with zero attached hydrogens (tertiary/aromatic N) is 2. The first-order chi connectivity index (χ1) is 7.58. The molecule has 2 N–H and O–H groups in total. The van der Waals surface area contributed by atoms with Crippen molar-refractivity contribution >= 4 is 21.7 Å². The lowest BCUT2D eigenvalue weighted by Gasteiger charge is -2.36. The molecule has 0 spiro atoms. The number of hydrogen-bond acceptors (Lipinski definition) is 3. The van der Waals surface area contributed by atoms with Crippen LogP contribution in [0.5, 0.6) is 0 Å². The van der Waals surface area contributed by atoms with Gasteiger partial charge in [-0.05, 0) is 46.8 Å². The number of aryl methyl sites for hydroxylation is 1. The number of anilines is 1. The maximum Gasteiger partial charge on any atom is 0.143 e. The van der Waals surface area contributed by atoms with Gasteiger partial charge in [0.2, 0.25) is 0 Å². The van der Waals surface area contributed by atoms with Crippen LogP contribution in [0, 0.1) is 12.8 Å². The van der Waals surface area contributed by atoms with Crippen LogP contribution in [0.25, 0.3) is 0 Å². The molecular weight excluding hydrogens is 266 g/mol. The van der Waals surface area contributed by atoms with Crippen molar-refractivity contribution in [1.29, 1.82) is 0 Å². The molecule has 16 heavy (non-hydrogen) atoms. The minimum absolute atomic E-state index is 0.262. The summed E-state index contributed by atoms with van der Waals surface area (Å²) >= 11 is 3.61. The SMILES string of the molecule is Cc1ccnc(N2CC(C)CC(N)C2)c1Br. The van der Waals surface area contributed by atoms with E-state index in [1.165, 1.54) is 5.56 Å². The number of piperidine rings is 1. The minimum atomic E-state index is 0.262. The molecule has 3 nitrogen and oxygen atoms in total. The zero-order chi connectivity index (χ0) is 11.7. The van der Waals surface area contributed by atoms with Crippen molar-refractivity contribution in [3.05, 3.63) is 22.3 Å². The molecule has 2 rings (SSSR count). The minimum Gasteiger partial charge on any atom is -0.354 e. The van der Waals surface area contributed by atoms with Crippen molar-refractivity contribution < 1.29 is 0 Å². The molecular formula is C12H18BrN3. The fourth-order valence-corrected chi connectivity index (χ4v) is 2.80. The lowest BCUT2D eigenvalue weighted by atomic mass is 9.96. The van der Waals surface area contributed by atoms with Crippen molar-refractivity contribution in [1.82, 2.24) is 4.98 Å². The molecule has 1 aromatic rings. The summed E-state index contributed by atoms with van der Waals surface area (Å²) in [4.78, 5) is 6.74. The van der Waals surface area contributed by atoms with E-state index in [1.54, 1.807) is 0 Å². The number of aromatic nitrogens is 1. The van der Waals surface area contributed by atoms with E-state index in [-0.39, 0.29) is 6.04 Å². The average Bonchev–Trinajstić information content (AvgIpc) is 2.20. The topological polar surface area (TPSA) is 42.2 Å². The maximum absolute atomic E-state index is 6.06. The molecule has 1 aromatic heterocycles. The molecule has 0 bridgehead atoms. The molecule has 0 radical (unpaired) electrons. The summed E-state index contributed by atoms with van der Waals surface area (Å²) in [5, 5.41) is 0. The average molecular weight is 284 g/mol. The molecule has 0 saturated carbocycles. The molecule has 4 heteroatoms. The zero-order valence-corrected chi connectivity index (χ0v) is 11.4. The summed E-state index contributed by atoms with van der Waals surface area (Å²) in [6.45, 7) is 6.28. The Kier molecular flexibility index (Phi) is 3.50. The molecule has 1 aliphatic rings. The van der Waals surface area contributed by atoms with E-state index >= 15 is 0 Å². The Balaban J connectivity index is 2.26. The monoisotopic (exact) mass is 283 g/mol. The van der Waals surface area contributed by atoms with Gasteiger partial charge < -0.3 is 10.6 Å². The third-order valence-corrected chi connectivity index (χ3v) is 4.04. The fourth-order valence-electron chi connectivity index (χ4n) is 2.32. The molecule has 1 saturated heterocycles. The number of nitrogens with two attached hydrogens (primary N) is 1. The highest BCUT2D eigenvalue weighted by atomic mass is 79.9. The van der Waals surface area contributed by atoms with Gasteiger partial charge in [-0.15, -0.1) is 0 Å². The second-order valence-electron chi connectivity index (χ2n) is 4.77. The quantitative estimate of drug-likeness (QED) is 0.860. The Hall–Kier alpha value is -0.610. The summed E-state index contributed by atoms with van der Waals surface area (Å²) in [5.41, 5.74) is 7.28. The van der Waals surface area contributed by atoms with Crippen molar-refractivity contribution in [3.8, 4) is 0 Å². The first kappa shape index (κ1) is 11.9. The molecule has 2 atom stereocenters. The smallest absolute Gasteiger partial charge is 0.143 e. The first-order valence-corrected chi connectivity index (χ1v) is 6.49. The lowest BCUT2D eigenvalue weighted by Crippen LogP contribution is -2.46. The van der Waals surface area contributed by atoms with E-state index < -0.39 is 0 Å². The zero-order valence-electron chi connectivity index (χ0n) is 9.78. The fraction of sp³-hybridized carbons (Fsp3) is 0.583. The highest BCUT2D eigenvalue weighted by Crippen LogP contribution is 2.29. The van der Waals surface area contributed by atoms with Gasteiger partial charge in [0, 0.05) is 25.3 Å². The Labute approximate surface area is 105 Å². The third-order valence-electron chi connectivity index (χ3n) is 3.06. The van der Waals surface area contributed by atoms with Crippen molar-refractivity contribution in [2.45, 2.75) is 26.3 Å². The van der Waals surface area contributed by atoms with Crippen LogP contribution in [-0.4, -0.2) is 24.1 Å². The van der Waals surface area contributed by atoms with Crippen LogP contribution in [0.2, 0.25) is 0 Å². The van der Waals surface area contributed by atoms with Gasteiger partial charge >= 0.3 is 0 Å². The van der Waals surface area contributed by atoms with Crippen LogP contribution >= 0.6 is 15.9 Å². The van der Waals surface area contributed by atoms with E-state index in [9.17, 15) is 0 Å². The van der Waals surface area contributed by atoms with Gasteiger partial charge in [-0.1, -0.05) is 6.92 Å². The Morgan fingerprint density at radius 1 is 1.50 bits per heavy atom. The molecule has 0 amide bonds. The van der Waals surface area contributed by atoms with E-state index in [1.807, 2.05) is 12.3 Å². The number of halogens is 1. The van der Waals surface area contributed by atoms with Gasteiger partial charge in [0.15, 0.2) is 0 Å². The standard InChI is InChI=1S/C12H18BrN3/c1-8-5-10(14)7-16(6-8)12-11(13)9(2)3-4-15-12/h3-4,8,10H,5-7,14H2,1-2H3. The van der Waals surface area contributed by atoms with Crippen LogP contribution in [0.3, 0.4) is 0 Å². The Morgan fingerprint density at radius 3 is 2.94 bits per heavy atom. The summed E-state index contributed by atoms with van der Waals surface area (Å²) in [6.07, 6.45) is 2.97.